The van der Waals surface area contributed by atoms with Gasteiger partial charge in [-0.15, -0.1) is 0 Å². The van der Waals surface area contributed by atoms with Gasteiger partial charge in [0.1, 0.15) is 0 Å². The fraction of sp³-hybridized carbons (Fsp3) is 0.533. The van der Waals surface area contributed by atoms with E-state index < -0.39 is 0 Å². The molecule has 0 aliphatic heterocycles. The molecule has 0 unspecified atom stereocenters. The van der Waals surface area contributed by atoms with E-state index in [1.54, 1.807) is 0 Å². The highest BCUT2D eigenvalue weighted by molar-refractivity contribution is 6.00. The molecule has 0 fully saturated rings. The zero-order chi connectivity index (χ0) is 13.9. The van der Waals surface area contributed by atoms with E-state index in [0.717, 1.165) is 23.2 Å². The van der Waals surface area contributed by atoms with Crippen LogP contribution in [-0.4, -0.2) is 30.4 Å². The first-order chi connectivity index (χ1) is 8.33. The predicted octanol–water partition coefficient (Wildman–Crippen LogP) is 3.30. The molecule has 0 aliphatic carbocycles. The molecule has 0 saturated carbocycles. The van der Waals surface area contributed by atoms with Gasteiger partial charge in [-0.2, -0.15) is 0 Å². The molecule has 1 aromatic carbocycles. The number of nitrogens with one attached hydrogen (secondary N) is 1. The number of anilines is 1. The summed E-state index contributed by atoms with van der Waals surface area (Å²) in [5, 5.41) is 3.08. The van der Waals surface area contributed by atoms with E-state index in [4.69, 9.17) is 0 Å². The first kappa shape index (κ1) is 14.6. The second-order valence-corrected chi connectivity index (χ2v) is 5.33. The van der Waals surface area contributed by atoms with Gasteiger partial charge in [0.25, 0.3) is 5.91 Å². The van der Waals surface area contributed by atoms with Crippen molar-refractivity contribution in [1.82, 2.24) is 4.90 Å². The quantitative estimate of drug-likeness (QED) is 0.886. The number of hydrogen-bond acceptors (Lipinski definition) is 2. The van der Waals surface area contributed by atoms with E-state index in [9.17, 15) is 4.79 Å². The smallest absolute Gasteiger partial charge is 0.256 e. The second-order valence-electron chi connectivity index (χ2n) is 5.33. The Hall–Kier alpha value is -1.51. The van der Waals surface area contributed by atoms with Crippen LogP contribution in [-0.2, 0) is 0 Å². The van der Waals surface area contributed by atoms with Crippen LogP contribution in [0.5, 0.6) is 0 Å². The maximum Gasteiger partial charge on any atom is 0.256 e. The Morgan fingerprint density at radius 1 is 1.39 bits per heavy atom. The molecule has 0 aromatic heterocycles. The number of aryl methyl sites for hydroxylation is 1. The maximum atomic E-state index is 12.6. The normalized spacial score (nSPS) is 11.2. The highest BCUT2D eigenvalue weighted by atomic mass is 16.2. The first-order valence-corrected chi connectivity index (χ1v) is 6.40. The molecule has 0 aliphatic rings. The Morgan fingerprint density at radius 3 is 2.50 bits per heavy atom. The molecule has 1 rings (SSSR count). The standard InChI is InChI=1S/C15H24N2O/c1-7-15(3,4)17(6)14(18)12-10-11(2)8-9-13(12)16-5/h8-10,16H,7H2,1-6H3. The molecule has 0 bridgehead atoms. The van der Waals surface area contributed by atoms with Gasteiger partial charge in [0.15, 0.2) is 0 Å². The number of hydrogen-bond donors (Lipinski definition) is 1. The van der Waals surface area contributed by atoms with Crippen molar-refractivity contribution in [2.24, 2.45) is 0 Å². The highest BCUT2D eigenvalue weighted by Gasteiger charge is 2.27. The van der Waals surface area contributed by atoms with Crippen LogP contribution in [0.1, 0.15) is 43.1 Å². The molecule has 0 atom stereocenters. The van der Waals surface area contributed by atoms with Crippen LogP contribution in [0.4, 0.5) is 5.69 Å². The minimum absolute atomic E-state index is 0.0647. The molecule has 0 spiro atoms. The van der Waals surface area contributed by atoms with E-state index in [2.05, 4.69) is 26.1 Å². The van der Waals surface area contributed by atoms with Crippen LogP contribution < -0.4 is 5.32 Å². The minimum atomic E-state index is -0.133. The lowest BCUT2D eigenvalue weighted by atomic mass is 9.98. The highest BCUT2D eigenvalue weighted by Crippen LogP contribution is 2.23. The molecule has 3 heteroatoms. The number of carbonyl (C=O) groups is 1. The third-order valence-corrected chi connectivity index (χ3v) is 3.75. The van der Waals surface area contributed by atoms with E-state index in [0.29, 0.717) is 0 Å². The average Bonchev–Trinajstić information content (AvgIpc) is 2.36. The van der Waals surface area contributed by atoms with E-state index in [1.165, 1.54) is 0 Å². The summed E-state index contributed by atoms with van der Waals surface area (Å²) in [5.41, 5.74) is 2.58. The van der Waals surface area contributed by atoms with Gasteiger partial charge in [-0.05, 0) is 39.3 Å². The van der Waals surface area contributed by atoms with Crippen molar-refractivity contribution < 1.29 is 4.79 Å². The number of carbonyl (C=O) groups excluding carboxylic acids is 1. The predicted molar refractivity (Wildman–Crippen MR) is 77.2 cm³/mol. The lowest BCUT2D eigenvalue weighted by Gasteiger charge is -2.35. The van der Waals surface area contributed by atoms with Gasteiger partial charge in [0, 0.05) is 25.3 Å². The third-order valence-electron chi connectivity index (χ3n) is 3.75. The first-order valence-electron chi connectivity index (χ1n) is 6.40. The molecular formula is C15H24N2O. The molecule has 1 amide bonds. The Morgan fingerprint density at radius 2 is 2.00 bits per heavy atom. The maximum absolute atomic E-state index is 12.6. The summed E-state index contributed by atoms with van der Waals surface area (Å²) in [6, 6.07) is 5.90. The van der Waals surface area contributed by atoms with Crippen LogP contribution in [0.2, 0.25) is 0 Å². The van der Waals surface area contributed by atoms with Crippen molar-refractivity contribution in [1.29, 1.82) is 0 Å². The largest absolute Gasteiger partial charge is 0.387 e. The minimum Gasteiger partial charge on any atom is -0.387 e. The monoisotopic (exact) mass is 248 g/mol. The van der Waals surface area contributed by atoms with Crippen LogP contribution in [0.3, 0.4) is 0 Å². The van der Waals surface area contributed by atoms with Gasteiger partial charge in [-0.3, -0.25) is 4.79 Å². The SMILES string of the molecule is CCC(C)(C)N(C)C(=O)c1cc(C)ccc1NC. The number of rotatable bonds is 4. The molecule has 3 nitrogen and oxygen atoms in total. The summed E-state index contributed by atoms with van der Waals surface area (Å²) < 4.78 is 0. The van der Waals surface area contributed by atoms with Crippen molar-refractivity contribution in [2.45, 2.75) is 39.7 Å². The Kier molecular flexibility index (Phi) is 4.38. The van der Waals surface area contributed by atoms with Gasteiger partial charge in [0.05, 0.1) is 5.56 Å². The van der Waals surface area contributed by atoms with Gasteiger partial charge in [0.2, 0.25) is 0 Å². The Bertz CT molecular complexity index is 438. The summed E-state index contributed by atoms with van der Waals surface area (Å²) in [6.45, 7) is 8.26. The second kappa shape index (κ2) is 5.42. The van der Waals surface area contributed by atoms with Crippen molar-refractivity contribution in [3.63, 3.8) is 0 Å². The zero-order valence-corrected chi connectivity index (χ0v) is 12.3. The lowest BCUT2D eigenvalue weighted by molar-refractivity contribution is 0.0621. The number of amides is 1. The van der Waals surface area contributed by atoms with Crippen LogP contribution in [0.15, 0.2) is 18.2 Å². The van der Waals surface area contributed by atoms with Gasteiger partial charge in [-0.25, -0.2) is 0 Å². The number of benzene rings is 1. The fourth-order valence-corrected chi connectivity index (χ4v) is 1.75. The molecule has 0 heterocycles. The van der Waals surface area contributed by atoms with Gasteiger partial charge in [-0.1, -0.05) is 18.6 Å². The van der Waals surface area contributed by atoms with Crippen molar-refractivity contribution in [3.8, 4) is 0 Å². The summed E-state index contributed by atoms with van der Waals surface area (Å²) >= 11 is 0. The molecule has 0 radical (unpaired) electrons. The average molecular weight is 248 g/mol. The molecule has 100 valence electrons. The van der Waals surface area contributed by atoms with Crippen molar-refractivity contribution >= 4 is 11.6 Å². The lowest BCUT2D eigenvalue weighted by Crippen LogP contribution is -2.44. The van der Waals surface area contributed by atoms with Crippen LogP contribution in [0.25, 0.3) is 0 Å². The molecule has 1 N–H and O–H groups in total. The summed E-state index contributed by atoms with van der Waals surface area (Å²) in [4.78, 5) is 14.4. The van der Waals surface area contributed by atoms with E-state index >= 15 is 0 Å². The zero-order valence-electron chi connectivity index (χ0n) is 12.3. The fourth-order valence-electron chi connectivity index (χ4n) is 1.75. The molecule has 1 aromatic rings. The molecule has 0 saturated heterocycles. The summed E-state index contributed by atoms with van der Waals surface area (Å²) in [7, 11) is 3.71. The molecular weight excluding hydrogens is 224 g/mol. The van der Waals surface area contributed by atoms with Crippen molar-refractivity contribution in [2.75, 3.05) is 19.4 Å². The topological polar surface area (TPSA) is 32.3 Å². The third kappa shape index (κ3) is 2.84. The summed E-state index contributed by atoms with van der Waals surface area (Å²) in [5.74, 6) is 0.0647. The van der Waals surface area contributed by atoms with E-state index in [1.807, 2.05) is 44.1 Å². The Labute approximate surface area is 110 Å². The molecule has 18 heavy (non-hydrogen) atoms. The van der Waals surface area contributed by atoms with E-state index in [-0.39, 0.29) is 11.4 Å². The van der Waals surface area contributed by atoms with Gasteiger partial charge < -0.3 is 10.2 Å². The van der Waals surface area contributed by atoms with Crippen LogP contribution in [0, 0.1) is 6.92 Å². The summed E-state index contributed by atoms with van der Waals surface area (Å²) in [6.07, 6.45) is 0.927. The van der Waals surface area contributed by atoms with Crippen LogP contribution >= 0.6 is 0 Å². The number of nitrogens with zero attached hydrogens (tertiary/aromatic N) is 1. The van der Waals surface area contributed by atoms with Crippen molar-refractivity contribution in [3.05, 3.63) is 29.3 Å². The van der Waals surface area contributed by atoms with Gasteiger partial charge >= 0.3 is 0 Å². The Balaban J connectivity index is 3.14.